The summed E-state index contributed by atoms with van der Waals surface area (Å²) in [7, 11) is 0. The summed E-state index contributed by atoms with van der Waals surface area (Å²) in [5, 5.41) is 0.134. The second kappa shape index (κ2) is 18.8. The van der Waals surface area contributed by atoms with Crippen molar-refractivity contribution in [3.8, 4) is 23.0 Å². The van der Waals surface area contributed by atoms with Crippen molar-refractivity contribution in [3.63, 3.8) is 0 Å². The van der Waals surface area contributed by atoms with Crippen molar-refractivity contribution in [2.75, 3.05) is 0 Å². The highest BCUT2D eigenvalue weighted by Gasteiger charge is 2.56. The lowest BCUT2D eigenvalue weighted by Crippen LogP contribution is -2.35. The number of nitrogens with zero attached hydrogens (tertiary/aromatic N) is 6. The van der Waals surface area contributed by atoms with Crippen LogP contribution in [0.2, 0.25) is 10.0 Å². The minimum absolute atomic E-state index is 0.0460. The van der Waals surface area contributed by atoms with Crippen LogP contribution in [-0.4, -0.2) is 47.6 Å². The molecule has 0 atom stereocenters. The quantitative estimate of drug-likeness (QED) is 0.0754. The molecule has 0 amide bonds. The number of fused-ring (bicyclic) bond motifs is 6. The zero-order valence-electron chi connectivity index (χ0n) is 36.2. The highest BCUT2D eigenvalue weighted by Crippen LogP contribution is 2.61. The summed E-state index contributed by atoms with van der Waals surface area (Å²) in [5.41, 5.74) is 4.46. The molecule has 1 spiro atoms. The van der Waals surface area contributed by atoms with Crippen molar-refractivity contribution in [1.82, 2.24) is 29.7 Å². The maximum atomic E-state index is 14.3. The van der Waals surface area contributed by atoms with Gasteiger partial charge in [-0.05, 0) is 73.7 Å². The third kappa shape index (κ3) is 8.98. The van der Waals surface area contributed by atoms with Crippen LogP contribution in [0.5, 0.6) is 23.0 Å². The van der Waals surface area contributed by atoms with Crippen LogP contribution >= 0.6 is 23.2 Å². The molecule has 0 saturated heterocycles. The van der Waals surface area contributed by atoms with Crippen LogP contribution in [0, 0.1) is 6.92 Å². The summed E-state index contributed by atoms with van der Waals surface area (Å²) >= 11 is 14.5. The Bertz CT molecular complexity index is 2720. The second-order valence-corrected chi connectivity index (χ2v) is 16.9. The van der Waals surface area contributed by atoms with Crippen LogP contribution < -0.4 is 14.2 Å². The fourth-order valence-electron chi connectivity index (χ4n) is 8.58. The molecule has 0 N–H and O–H groups in total. The Labute approximate surface area is 390 Å². The smallest absolute Gasteiger partial charge is 0.340 e. The van der Waals surface area contributed by atoms with E-state index in [-0.39, 0.29) is 46.1 Å². The van der Waals surface area contributed by atoms with Crippen LogP contribution in [0.15, 0.2) is 128 Å². The SMILES string of the molecule is CC(=O)Oc1c(Cl)cc2c(c1CN(Cc1ccccn1)Cc1ccccn1)Oc1c(cc(Cl)c(OC(C)=O)c1CN(Cc1ccccn1)Cc1ccccn1)C21OC(=O)c2cc(C)ccc21. The van der Waals surface area contributed by atoms with Gasteiger partial charge in [0, 0.05) is 94.6 Å². The molecule has 0 radical (unpaired) electrons. The number of hydrogen-bond acceptors (Lipinski definition) is 13. The molecule has 6 heterocycles. The number of esters is 3. The summed E-state index contributed by atoms with van der Waals surface area (Å²) in [5.74, 6) is -1.33. The lowest BCUT2D eigenvalue weighted by molar-refractivity contribution is -0.132. The fourth-order valence-corrected chi connectivity index (χ4v) is 9.11. The van der Waals surface area contributed by atoms with Crippen molar-refractivity contribution in [2.45, 2.75) is 65.6 Å². The highest BCUT2D eigenvalue weighted by atomic mass is 35.5. The van der Waals surface area contributed by atoms with Crippen LogP contribution in [0.4, 0.5) is 0 Å². The van der Waals surface area contributed by atoms with Crippen molar-refractivity contribution in [2.24, 2.45) is 0 Å². The summed E-state index contributed by atoms with van der Waals surface area (Å²) in [6.45, 7) is 5.97. The van der Waals surface area contributed by atoms with E-state index in [1.807, 2.05) is 91.9 Å². The van der Waals surface area contributed by atoms with Gasteiger partial charge < -0.3 is 18.9 Å². The first-order valence-corrected chi connectivity index (χ1v) is 21.9. The Morgan fingerprint density at radius 3 is 1.35 bits per heavy atom. The number of rotatable bonds is 14. The summed E-state index contributed by atoms with van der Waals surface area (Å²) in [6.07, 6.45) is 6.87. The Morgan fingerprint density at radius 1 is 0.576 bits per heavy atom. The lowest BCUT2D eigenvalue weighted by atomic mass is 9.76. The fraction of sp³-hybridized carbons (Fsp3) is 0.196. The number of carbonyl (C=O) groups excluding carboxylic acids is 3. The number of benzene rings is 3. The third-order valence-electron chi connectivity index (χ3n) is 11.2. The van der Waals surface area contributed by atoms with E-state index in [1.54, 1.807) is 43.0 Å². The van der Waals surface area contributed by atoms with Crippen LogP contribution in [0.25, 0.3) is 0 Å². The zero-order chi connectivity index (χ0) is 46.0. The summed E-state index contributed by atoms with van der Waals surface area (Å²) in [6, 6.07) is 31.4. The van der Waals surface area contributed by atoms with E-state index in [1.165, 1.54) is 13.8 Å². The molecule has 13 nitrogen and oxygen atoms in total. The van der Waals surface area contributed by atoms with Gasteiger partial charge in [-0.15, -0.1) is 0 Å². The predicted octanol–water partition coefficient (Wildman–Crippen LogP) is 9.71. The number of ether oxygens (including phenoxy) is 4. The van der Waals surface area contributed by atoms with Crippen molar-refractivity contribution in [1.29, 1.82) is 0 Å². The van der Waals surface area contributed by atoms with Gasteiger partial charge >= 0.3 is 17.9 Å². The molecule has 0 aliphatic carbocycles. The van der Waals surface area contributed by atoms with Crippen LogP contribution in [0.1, 0.15) is 80.4 Å². The molecule has 3 aromatic carbocycles. The first kappa shape index (κ1) is 44.2. The molecule has 2 aliphatic rings. The van der Waals surface area contributed by atoms with Gasteiger partial charge in [-0.2, -0.15) is 0 Å². The Balaban J connectivity index is 1.31. The van der Waals surface area contributed by atoms with E-state index >= 15 is 0 Å². The number of pyridine rings is 4. The average molecular weight is 922 g/mol. The molecule has 7 aromatic rings. The largest absolute Gasteiger partial charge is 0.455 e. The molecule has 66 heavy (non-hydrogen) atoms. The topological polar surface area (TPSA) is 146 Å². The first-order chi connectivity index (χ1) is 32.0. The standard InChI is InChI=1S/C51H42Cl2N6O7/c1-31-16-17-41-38(22-31)50(62)66-51(41)42-23-44(52)48(63-32(2)60)39(29-58(25-34-12-4-8-18-54-34)26-35-13-5-9-19-55-35)46(42)65-47-40(49(64-33(3)61)45(53)24-43(47)51)30-59(27-36-14-6-10-20-56-36)28-37-15-7-11-21-57-37/h4-24H,25-30H2,1-3H3. The molecule has 0 fully saturated rings. The van der Waals surface area contributed by atoms with Gasteiger partial charge in [0.25, 0.3) is 0 Å². The van der Waals surface area contributed by atoms with Crippen LogP contribution in [-0.2, 0) is 59.2 Å². The monoisotopic (exact) mass is 920 g/mol. The molecular formula is C51H42Cl2N6O7. The molecule has 15 heteroatoms. The van der Waals surface area contributed by atoms with E-state index in [9.17, 15) is 14.4 Å². The van der Waals surface area contributed by atoms with Gasteiger partial charge in [0.2, 0.25) is 0 Å². The average Bonchev–Trinajstić information content (AvgIpc) is 3.58. The molecule has 9 rings (SSSR count). The van der Waals surface area contributed by atoms with Gasteiger partial charge in [-0.1, -0.05) is 65.2 Å². The van der Waals surface area contributed by atoms with Crippen molar-refractivity contribution in [3.05, 3.63) is 200 Å². The number of hydrogen-bond donors (Lipinski definition) is 0. The number of carbonyl (C=O) groups is 3. The normalized spacial score (nSPS) is 13.2. The Morgan fingerprint density at radius 2 is 0.985 bits per heavy atom. The number of aryl methyl sites for hydroxylation is 1. The van der Waals surface area contributed by atoms with Gasteiger partial charge in [-0.25, -0.2) is 4.79 Å². The first-order valence-electron chi connectivity index (χ1n) is 21.1. The molecule has 0 saturated carbocycles. The van der Waals surface area contributed by atoms with Gasteiger partial charge in [0.05, 0.1) is 49.5 Å². The molecule has 2 aliphatic heterocycles. The van der Waals surface area contributed by atoms with Crippen molar-refractivity contribution >= 4 is 41.1 Å². The lowest BCUT2D eigenvalue weighted by Gasteiger charge is -2.40. The Kier molecular flexibility index (Phi) is 12.6. The van der Waals surface area contributed by atoms with Gasteiger partial charge in [0.15, 0.2) is 17.1 Å². The number of halogens is 2. The highest BCUT2D eigenvalue weighted by molar-refractivity contribution is 6.33. The minimum Gasteiger partial charge on any atom is -0.455 e. The van der Waals surface area contributed by atoms with E-state index in [4.69, 9.17) is 42.1 Å². The van der Waals surface area contributed by atoms with E-state index < -0.39 is 23.5 Å². The summed E-state index contributed by atoms with van der Waals surface area (Å²) in [4.78, 5) is 62.9. The summed E-state index contributed by atoms with van der Waals surface area (Å²) < 4.78 is 25.9. The zero-order valence-corrected chi connectivity index (χ0v) is 37.7. The van der Waals surface area contributed by atoms with E-state index in [0.29, 0.717) is 59.6 Å². The second-order valence-electron chi connectivity index (χ2n) is 16.1. The molecule has 0 bridgehead atoms. The molecule has 4 aromatic heterocycles. The third-order valence-corrected chi connectivity index (χ3v) is 11.8. The molecular weight excluding hydrogens is 880 g/mol. The molecule has 332 valence electrons. The Hall–Kier alpha value is -7.03. The molecule has 0 unspecified atom stereocenters. The van der Waals surface area contributed by atoms with Crippen LogP contribution in [0.3, 0.4) is 0 Å². The minimum atomic E-state index is -1.72. The van der Waals surface area contributed by atoms with E-state index in [2.05, 4.69) is 29.7 Å². The maximum absolute atomic E-state index is 14.3. The number of aromatic nitrogens is 4. The van der Waals surface area contributed by atoms with E-state index in [0.717, 1.165) is 28.3 Å². The predicted molar refractivity (Wildman–Crippen MR) is 245 cm³/mol. The van der Waals surface area contributed by atoms with Gasteiger partial charge in [0.1, 0.15) is 11.5 Å². The van der Waals surface area contributed by atoms with Crippen molar-refractivity contribution < 1.29 is 33.3 Å². The van der Waals surface area contributed by atoms with Gasteiger partial charge in [-0.3, -0.25) is 39.3 Å². The maximum Gasteiger partial charge on any atom is 0.340 e.